The molecule has 1 N–H and O–H groups in total. The number of nitrogens with zero attached hydrogens (tertiary/aromatic N) is 1. The van der Waals surface area contributed by atoms with E-state index >= 15 is 0 Å². The van der Waals surface area contributed by atoms with Gasteiger partial charge in [-0.2, -0.15) is 0 Å². The number of halogens is 1. The first-order valence-corrected chi connectivity index (χ1v) is 7.83. The van der Waals surface area contributed by atoms with Crippen LogP contribution in [0.2, 0.25) is 0 Å². The molecule has 8 heteroatoms. The molecule has 0 aromatic carbocycles. The monoisotopic (exact) mass is 332 g/mol. The number of nitrogens with one attached hydrogen (secondary N) is 1. The lowest BCUT2D eigenvalue weighted by Gasteiger charge is -2.38. The molecule has 1 fully saturated rings. The molecule has 1 aromatic rings. The Kier molecular flexibility index (Phi) is 2.14. The zero-order chi connectivity index (χ0) is 13.3. The molecule has 0 unspecified atom stereocenters. The third-order valence-electron chi connectivity index (χ3n) is 3.25. The van der Waals surface area contributed by atoms with Gasteiger partial charge in [0.15, 0.2) is 9.84 Å². The zero-order valence-corrected chi connectivity index (χ0v) is 11.8. The number of hydrogen-bond acceptors (Lipinski definition) is 4. The standard InChI is InChI=1S/C10H9BrN2O4S/c1-5-2-6(11)9(15)13-7(5)8(14)12-10(13)3-18(16,17)4-10/h2H,3-4H2,1H3,(H,12,14). The summed E-state index contributed by atoms with van der Waals surface area (Å²) in [5, 5.41) is 2.62. The van der Waals surface area contributed by atoms with E-state index in [1.54, 1.807) is 13.0 Å². The van der Waals surface area contributed by atoms with E-state index in [0.29, 0.717) is 10.0 Å². The molecular formula is C10H9BrN2O4S. The fraction of sp³-hybridized carbons (Fsp3) is 0.400. The Morgan fingerprint density at radius 2 is 2.00 bits per heavy atom. The summed E-state index contributed by atoms with van der Waals surface area (Å²) in [6.07, 6.45) is 0. The Morgan fingerprint density at radius 1 is 1.39 bits per heavy atom. The molecule has 1 saturated heterocycles. The number of fused-ring (bicyclic) bond motifs is 2. The lowest BCUT2D eigenvalue weighted by Crippen LogP contribution is -2.64. The second kappa shape index (κ2) is 3.24. The summed E-state index contributed by atoms with van der Waals surface area (Å²) in [7, 11) is -3.17. The lowest BCUT2D eigenvalue weighted by molar-refractivity contribution is 0.0931. The summed E-state index contributed by atoms with van der Waals surface area (Å²) in [6, 6.07) is 1.57. The Balaban J connectivity index is 2.32. The third-order valence-corrected chi connectivity index (χ3v) is 5.66. The van der Waals surface area contributed by atoms with Gasteiger partial charge in [0.1, 0.15) is 11.4 Å². The van der Waals surface area contributed by atoms with E-state index in [-0.39, 0.29) is 22.8 Å². The summed E-state index contributed by atoms with van der Waals surface area (Å²) < 4.78 is 24.3. The van der Waals surface area contributed by atoms with E-state index in [4.69, 9.17) is 0 Å². The average Bonchev–Trinajstić information content (AvgIpc) is 2.46. The van der Waals surface area contributed by atoms with Crippen molar-refractivity contribution in [1.29, 1.82) is 0 Å². The minimum Gasteiger partial charge on any atom is -0.326 e. The fourth-order valence-corrected chi connectivity index (χ4v) is 4.90. The SMILES string of the molecule is Cc1cc(Br)c(=O)n2c1C(=O)NC21CS(=O)(=O)C1. The van der Waals surface area contributed by atoms with Crippen molar-refractivity contribution in [2.45, 2.75) is 12.6 Å². The van der Waals surface area contributed by atoms with E-state index in [9.17, 15) is 18.0 Å². The molecule has 3 heterocycles. The van der Waals surface area contributed by atoms with Gasteiger partial charge >= 0.3 is 0 Å². The van der Waals surface area contributed by atoms with E-state index in [1.165, 1.54) is 4.57 Å². The van der Waals surface area contributed by atoms with Crippen LogP contribution in [0.15, 0.2) is 15.3 Å². The van der Waals surface area contributed by atoms with Crippen molar-refractivity contribution in [3.8, 4) is 0 Å². The molecule has 0 bridgehead atoms. The number of aromatic nitrogens is 1. The maximum absolute atomic E-state index is 12.1. The molecule has 0 atom stereocenters. The number of aryl methyl sites for hydroxylation is 1. The molecule has 0 aliphatic carbocycles. The number of carbonyl (C=O) groups is 1. The second-order valence-corrected chi connectivity index (χ2v) is 7.60. The van der Waals surface area contributed by atoms with Crippen LogP contribution in [0.4, 0.5) is 0 Å². The van der Waals surface area contributed by atoms with Crippen molar-refractivity contribution in [2.75, 3.05) is 11.5 Å². The molecule has 2 aliphatic rings. The van der Waals surface area contributed by atoms with Crippen molar-refractivity contribution in [2.24, 2.45) is 0 Å². The Hall–Kier alpha value is -1.15. The first-order valence-electron chi connectivity index (χ1n) is 5.21. The molecule has 96 valence electrons. The van der Waals surface area contributed by atoms with Gasteiger partial charge in [0.25, 0.3) is 11.5 Å². The van der Waals surface area contributed by atoms with Crippen molar-refractivity contribution in [3.05, 3.63) is 32.2 Å². The van der Waals surface area contributed by atoms with Crippen LogP contribution in [0.1, 0.15) is 16.1 Å². The van der Waals surface area contributed by atoms with Crippen LogP contribution in [0.3, 0.4) is 0 Å². The number of hydrogen-bond donors (Lipinski definition) is 1. The van der Waals surface area contributed by atoms with Gasteiger partial charge in [-0.1, -0.05) is 0 Å². The number of carbonyl (C=O) groups excluding carboxylic acids is 1. The predicted octanol–water partition coefficient (Wildman–Crippen LogP) is -0.256. The maximum Gasteiger partial charge on any atom is 0.270 e. The summed E-state index contributed by atoms with van der Waals surface area (Å²) in [5.74, 6) is -0.852. The summed E-state index contributed by atoms with van der Waals surface area (Å²) in [6.45, 7) is 1.71. The summed E-state index contributed by atoms with van der Waals surface area (Å²) in [5.41, 5.74) is -0.584. The van der Waals surface area contributed by atoms with E-state index in [1.807, 2.05) is 0 Å². The molecule has 1 spiro atoms. The molecule has 6 nitrogen and oxygen atoms in total. The Labute approximate surface area is 111 Å². The largest absolute Gasteiger partial charge is 0.326 e. The Bertz CT molecular complexity index is 738. The molecule has 1 aromatic heterocycles. The highest BCUT2D eigenvalue weighted by Gasteiger charge is 2.56. The third kappa shape index (κ3) is 1.36. The molecule has 1 amide bonds. The molecular weight excluding hydrogens is 324 g/mol. The lowest BCUT2D eigenvalue weighted by atomic mass is 10.2. The van der Waals surface area contributed by atoms with Crippen LogP contribution in [-0.4, -0.2) is 30.4 Å². The maximum atomic E-state index is 12.1. The molecule has 0 saturated carbocycles. The van der Waals surface area contributed by atoms with Crippen molar-refractivity contribution >= 4 is 31.7 Å². The van der Waals surface area contributed by atoms with E-state index in [2.05, 4.69) is 21.2 Å². The summed E-state index contributed by atoms with van der Waals surface area (Å²) in [4.78, 5) is 24.0. The van der Waals surface area contributed by atoms with Crippen LogP contribution < -0.4 is 10.9 Å². The first-order chi connectivity index (χ1) is 8.26. The smallest absolute Gasteiger partial charge is 0.270 e. The Morgan fingerprint density at radius 3 is 2.56 bits per heavy atom. The van der Waals surface area contributed by atoms with E-state index in [0.717, 1.165) is 0 Å². The van der Waals surface area contributed by atoms with Crippen molar-refractivity contribution < 1.29 is 13.2 Å². The van der Waals surface area contributed by atoms with Gasteiger partial charge in [-0.3, -0.25) is 14.2 Å². The predicted molar refractivity (Wildman–Crippen MR) is 67.2 cm³/mol. The van der Waals surface area contributed by atoms with Crippen molar-refractivity contribution in [1.82, 2.24) is 9.88 Å². The molecule has 0 radical (unpaired) electrons. The highest BCUT2D eigenvalue weighted by atomic mass is 79.9. The van der Waals surface area contributed by atoms with Crippen LogP contribution in [0.5, 0.6) is 0 Å². The highest BCUT2D eigenvalue weighted by molar-refractivity contribution is 9.10. The summed E-state index contributed by atoms with van der Waals surface area (Å²) >= 11 is 3.13. The fourth-order valence-electron chi connectivity index (χ4n) is 2.61. The van der Waals surface area contributed by atoms with Crippen LogP contribution >= 0.6 is 15.9 Å². The average molecular weight is 333 g/mol. The highest BCUT2D eigenvalue weighted by Crippen LogP contribution is 2.34. The van der Waals surface area contributed by atoms with Crippen LogP contribution in [0, 0.1) is 6.92 Å². The van der Waals surface area contributed by atoms with Gasteiger partial charge in [0, 0.05) is 0 Å². The zero-order valence-electron chi connectivity index (χ0n) is 9.36. The van der Waals surface area contributed by atoms with Gasteiger partial charge in [0.2, 0.25) is 0 Å². The van der Waals surface area contributed by atoms with E-state index < -0.39 is 21.4 Å². The van der Waals surface area contributed by atoms with Gasteiger partial charge in [0.05, 0.1) is 16.0 Å². The molecule has 3 rings (SSSR count). The van der Waals surface area contributed by atoms with Gasteiger partial charge in [-0.05, 0) is 34.5 Å². The van der Waals surface area contributed by atoms with Gasteiger partial charge in [-0.15, -0.1) is 0 Å². The quantitative estimate of drug-likeness (QED) is 0.709. The minimum absolute atomic E-state index is 0.228. The van der Waals surface area contributed by atoms with Crippen LogP contribution in [0.25, 0.3) is 0 Å². The van der Waals surface area contributed by atoms with Gasteiger partial charge in [-0.25, -0.2) is 8.42 Å². The minimum atomic E-state index is -3.17. The number of amides is 1. The molecule has 2 aliphatic heterocycles. The first kappa shape index (κ1) is 11.9. The van der Waals surface area contributed by atoms with Crippen molar-refractivity contribution in [3.63, 3.8) is 0 Å². The number of rotatable bonds is 0. The number of sulfone groups is 1. The second-order valence-electron chi connectivity index (χ2n) is 4.68. The van der Waals surface area contributed by atoms with Gasteiger partial charge < -0.3 is 5.32 Å². The number of pyridine rings is 1. The normalized spacial score (nSPS) is 22.4. The molecule has 18 heavy (non-hydrogen) atoms. The van der Waals surface area contributed by atoms with Crippen LogP contribution in [-0.2, 0) is 15.5 Å². The topological polar surface area (TPSA) is 85.2 Å².